The Balaban J connectivity index is 4.12. The van der Waals surface area contributed by atoms with Gasteiger partial charge in [-0.3, -0.25) is 0 Å². The summed E-state index contributed by atoms with van der Waals surface area (Å²) in [6.45, 7) is 10.5. The van der Waals surface area contributed by atoms with Crippen molar-refractivity contribution in [3.05, 3.63) is 11.8 Å². The summed E-state index contributed by atoms with van der Waals surface area (Å²) in [6.07, 6.45) is 3.08. The Morgan fingerprint density at radius 1 is 1.33 bits per heavy atom. The van der Waals surface area contributed by atoms with Crippen LogP contribution in [0.15, 0.2) is 22.0 Å². The second-order valence-electron chi connectivity index (χ2n) is 3.34. The molecule has 1 atom stereocenters. The van der Waals surface area contributed by atoms with Crippen LogP contribution in [0.25, 0.3) is 0 Å². The van der Waals surface area contributed by atoms with Gasteiger partial charge >= 0.3 is 0 Å². The summed E-state index contributed by atoms with van der Waals surface area (Å²) >= 11 is 0. The number of hydrogen-bond acceptors (Lipinski definition) is 2. The van der Waals surface area contributed by atoms with Crippen LogP contribution in [0.3, 0.4) is 0 Å². The van der Waals surface area contributed by atoms with Gasteiger partial charge in [-0.25, -0.2) is 0 Å². The molecule has 2 heteroatoms. The molecule has 0 rings (SSSR count). The van der Waals surface area contributed by atoms with Crippen molar-refractivity contribution in [2.24, 2.45) is 16.1 Å². The van der Waals surface area contributed by atoms with Crippen LogP contribution < -0.4 is 0 Å². The van der Waals surface area contributed by atoms with Crippen LogP contribution >= 0.6 is 0 Å². The molecule has 0 amide bonds. The van der Waals surface area contributed by atoms with Gasteiger partial charge in [0.15, 0.2) is 0 Å². The minimum atomic E-state index is 0.346. The van der Waals surface area contributed by atoms with Crippen LogP contribution in [0.1, 0.15) is 41.0 Å². The van der Waals surface area contributed by atoms with E-state index in [0.29, 0.717) is 12.0 Å². The van der Waals surface area contributed by atoms with Crippen molar-refractivity contribution in [1.29, 1.82) is 0 Å². The van der Waals surface area contributed by atoms with Gasteiger partial charge in [0, 0.05) is 0 Å². The minimum Gasteiger partial charge on any atom is -0.186 e. The molecule has 0 aliphatic heterocycles. The quantitative estimate of drug-likeness (QED) is 0.570. The van der Waals surface area contributed by atoms with Crippen molar-refractivity contribution in [3.8, 4) is 0 Å². The Morgan fingerprint density at radius 3 is 2.25 bits per heavy atom. The zero-order valence-electron chi connectivity index (χ0n) is 8.83. The van der Waals surface area contributed by atoms with E-state index >= 15 is 0 Å². The first kappa shape index (κ1) is 11.3. The van der Waals surface area contributed by atoms with E-state index in [2.05, 4.69) is 37.9 Å². The second-order valence-corrected chi connectivity index (χ2v) is 3.34. The van der Waals surface area contributed by atoms with Gasteiger partial charge in [-0.2, -0.15) is 10.2 Å². The van der Waals surface area contributed by atoms with E-state index < -0.39 is 0 Å². The van der Waals surface area contributed by atoms with Gasteiger partial charge in [-0.1, -0.05) is 26.8 Å². The molecule has 0 N–H and O–H groups in total. The summed E-state index contributed by atoms with van der Waals surface area (Å²) in [6, 6.07) is 0.346. The van der Waals surface area contributed by atoms with Gasteiger partial charge in [0.05, 0.1) is 11.7 Å². The Labute approximate surface area is 75.8 Å². The van der Waals surface area contributed by atoms with Gasteiger partial charge in [0.25, 0.3) is 0 Å². The first-order chi connectivity index (χ1) is 5.61. The Morgan fingerprint density at radius 2 is 1.92 bits per heavy atom. The zero-order valence-corrected chi connectivity index (χ0v) is 8.83. The molecule has 12 heavy (non-hydrogen) atoms. The van der Waals surface area contributed by atoms with Gasteiger partial charge in [-0.05, 0) is 26.2 Å². The van der Waals surface area contributed by atoms with Crippen molar-refractivity contribution < 1.29 is 0 Å². The maximum Gasteiger partial charge on any atom is 0.0682 e. The van der Waals surface area contributed by atoms with E-state index in [1.165, 1.54) is 0 Å². The second kappa shape index (κ2) is 5.92. The lowest BCUT2D eigenvalue weighted by molar-refractivity contribution is 0.647. The largest absolute Gasteiger partial charge is 0.186 e. The molecule has 0 heterocycles. The van der Waals surface area contributed by atoms with Gasteiger partial charge in [0.2, 0.25) is 0 Å². The molecule has 0 aromatic carbocycles. The molecule has 2 nitrogen and oxygen atoms in total. The molecule has 0 fully saturated rings. The standard InChI is InChI=1S/C10H20N2/c1-6-9(5)11-12-10(7-2)8(3)4/h7-9H,6H2,1-5H3/b10-7-,12-11-. The average molecular weight is 168 g/mol. The highest BCUT2D eigenvalue weighted by Gasteiger charge is 2.00. The molecule has 0 spiro atoms. The third-order valence-corrected chi connectivity index (χ3v) is 1.85. The highest BCUT2D eigenvalue weighted by atomic mass is 15.1. The van der Waals surface area contributed by atoms with E-state index in [0.717, 1.165) is 12.1 Å². The molecule has 0 bridgehead atoms. The molecule has 1 unspecified atom stereocenters. The maximum atomic E-state index is 4.20. The van der Waals surface area contributed by atoms with Crippen molar-refractivity contribution in [1.82, 2.24) is 0 Å². The fraction of sp³-hybridized carbons (Fsp3) is 0.800. The van der Waals surface area contributed by atoms with E-state index in [-0.39, 0.29) is 0 Å². The lowest BCUT2D eigenvalue weighted by atomic mass is 10.1. The fourth-order valence-electron chi connectivity index (χ4n) is 0.753. The van der Waals surface area contributed by atoms with Gasteiger partial charge < -0.3 is 0 Å². The molecule has 0 aromatic rings. The molecular weight excluding hydrogens is 148 g/mol. The zero-order chi connectivity index (χ0) is 9.56. The highest BCUT2D eigenvalue weighted by Crippen LogP contribution is 2.12. The number of azo groups is 1. The van der Waals surface area contributed by atoms with Crippen LogP contribution in [0.5, 0.6) is 0 Å². The van der Waals surface area contributed by atoms with Crippen molar-refractivity contribution >= 4 is 0 Å². The Kier molecular flexibility index (Phi) is 5.60. The summed E-state index contributed by atoms with van der Waals surface area (Å²) in [5.41, 5.74) is 1.08. The number of rotatable bonds is 4. The van der Waals surface area contributed by atoms with Crippen LogP contribution in [0.2, 0.25) is 0 Å². The third-order valence-electron chi connectivity index (χ3n) is 1.85. The summed E-state index contributed by atoms with van der Waals surface area (Å²) < 4.78 is 0. The van der Waals surface area contributed by atoms with Gasteiger partial charge in [-0.15, -0.1) is 0 Å². The number of allylic oxidation sites excluding steroid dienone is 2. The smallest absolute Gasteiger partial charge is 0.0682 e. The van der Waals surface area contributed by atoms with E-state index in [4.69, 9.17) is 0 Å². The topological polar surface area (TPSA) is 24.7 Å². The highest BCUT2D eigenvalue weighted by molar-refractivity contribution is 4.99. The lowest BCUT2D eigenvalue weighted by Crippen LogP contribution is -1.95. The predicted octanol–water partition coefficient (Wildman–Crippen LogP) is 3.80. The first-order valence-electron chi connectivity index (χ1n) is 4.68. The third kappa shape index (κ3) is 4.27. The molecule has 0 aromatic heterocycles. The first-order valence-corrected chi connectivity index (χ1v) is 4.68. The molecule has 0 aliphatic carbocycles. The molecule has 0 saturated carbocycles. The molecule has 0 radical (unpaired) electrons. The van der Waals surface area contributed by atoms with Crippen LogP contribution in [-0.4, -0.2) is 6.04 Å². The minimum absolute atomic E-state index is 0.346. The molecule has 70 valence electrons. The lowest BCUT2D eigenvalue weighted by Gasteiger charge is -2.04. The van der Waals surface area contributed by atoms with Crippen molar-refractivity contribution in [2.45, 2.75) is 47.1 Å². The Bertz CT molecular complexity index is 169. The molecular formula is C10H20N2. The predicted molar refractivity (Wildman–Crippen MR) is 53.2 cm³/mol. The number of hydrogen-bond donors (Lipinski definition) is 0. The van der Waals surface area contributed by atoms with Crippen LogP contribution in [-0.2, 0) is 0 Å². The summed E-state index contributed by atoms with van der Waals surface area (Å²) in [7, 11) is 0. The van der Waals surface area contributed by atoms with E-state index in [9.17, 15) is 0 Å². The number of nitrogens with zero attached hydrogens (tertiary/aromatic N) is 2. The van der Waals surface area contributed by atoms with E-state index in [1.54, 1.807) is 0 Å². The van der Waals surface area contributed by atoms with Crippen molar-refractivity contribution in [3.63, 3.8) is 0 Å². The average Bonchev–Trinajstić information content (AvgIpc) is 2.04. The Hall–Kier alpha value is -0.660. The summed E-state index contributed by atoms with van der Waals surface area (Å²) in [4.78, 5) is 0. The van der Waals surface area contributed by atoms with E-state index in [1.807, 2.05) is 13.0 Å². The molecule has 0 aliphatic rings. The fourth-order valence-corrected chi connectivity index (χ4v) is 0.753. The van der Waals surface area contributed by atoms with Gasteiger partial charge in [0.1, 0.15) is 0 Å². The normalized spacial score (nSPS) is 16.0. The monoisotopic (exact) mass is 168 g/mol. The van der Waals surface area contributed by atoms with Crippen LogP contribution in [0.4, 0.5) is 0 Å². The maximum absolute atomic E-state index is 4.20. The molecule has 0 saturated heterocycles. The van der Waals surface area contributed by atoms with Crippen molar-refractivity contribution in [2.75, 3.05) is 0 Å². The summed E-state index contributed by atoms with van der Waals surface area (Å²) in [5, 5.41) is 8.39. The SMILES string of the molecule is C/C=C(\N=N/C(C)CC)C(C)C. The summed E-state index contributed by atoms with van der Waals surface area (Å²) in [5.74, 6) is 0.475. The van der Waals surface area contributed by atoms with Crippen LogP contribution in [0, 0.1) is 5.92 Å².